The van der Waals surface area contributed by atoms with E-state index in [0.29, 0.717) is 23.8 Å². The van der Waals surface area contributed by atoms with Crippen LogP contribution in [0.4, 0.5) is 0 Å². The van der Waals surface area contributed by atoms with E-state index in [0.717, 1.165) is 43.3 Å². The molecule has 1 aromatic heterocycles. The summed E-state index contributed by atoms with van der Waals surface area (Å²) in [5.74, 6) is 2.60. The first kappa shape index (κ1) is 25.9. The first-order valence-corrected chi connectivity index (χ1v) is 9.85. The summed E-state index contributed by atoms with van der Waals surface area (Å²) in [6.07, 6.45) is 0.950. The van der Waals surface area contributed by atoms with E-state index < -0.39 is 0 Å². The molecule has 0 radical (unpaired) electrons. The molecule has 2 N–H and O–H groups in total. The fourth-order valence-corrected chi connectivity index (χ4v) is 3.13. The van der Waals surface area contributed by atoms with Crippen molar-refractivity contribution in [2.45, 2.75) is 40.3 Å². The minimum atomic E-state index is 0. The number of aryl methyl sites for hydroxylation is 3. The van der Waals surface area contributed by atoms with E-state index in [-0.39, 0.29) is 24.0 Å². The highest BCUT2D eigenvalue weighted by molar-refractivity contribution is 14.0. The van der Waals surface area contributed by atoms with Gasteiger partial charge in [-0.3, -0.25) is 4.68 Å². The lowest BCUT2D eigenvalue weighted by molar-refractivity contribution is 0.322. The Morgan fingerprint density at radius 1 is 1.07 bits per heavy atom. The molecule has 8 nitrogen and oxygen atoms in total. The Hall–Kier alpha value is -2.17. The Morgan fingerprint density at radius 2 is 1.80 bits per heavy atom. The van der Waals surface area contributed by atoms with Crippen LogP contribution in [0.25, 0.3) is 0 Å². The summed E-state index contributed by atoms with van der Waals surface area (Å²) >= 11 is 0. The van der Waals surface area contributed by atoms with Crippen LogP contribution in [0, 0.1) is 13.8 Å². The maximum absolute atomic E-state index is 5.54. The topological polar surface area (TPSA) is 81.9 Å². The Bertz CT molecular complexity index is 823. The van der Waals surface area contributed by atoms with Crippen LogP contribution in [-0.2, 0) is 13.1 Å². The molecule has 0 unspecified atom stereocenters. The van der Waals surface area contributed by atoms with Crippen LogP contribution >= 0.6 is 24.0 Å². The van der Waals surface area contributed by atoms with Crippen molar-refractivity contribution in [3.63, 3.8) is 0 Å². The Morgan fingerprint density at radius 3 is 2.37 bits per heavy atom. The van der Waals surface area contributed by atoms with Crippen molar-refractivity contribution >= 4 is 29.9 Å². The van der Waals surface area contributed by atoms with Gasteiger partial charge in [0.2, 0.25) is 5.75 Å². The summed E-state index contributed by atoms with van der Waals surface area (Å²) in [4.78, 5) is 4.69. The first-order valence-electron chi connectivity index (χ1n) is 9.85. The zero-order valence-electron chi connectivity index (χ0n) is 18.7. The van der Waals surface area contributed by atoms with Gasteiger partial charge in [0, 0.05) is 30.9 Å². The first-order chi connectivity index (χ1) is 14.0. The summed E-state index contributed by atoms with van der Waals surface area (Å²) in [5.41, 5.74) is 3.16. The van der Waals surface area contributed by atoms with E-state index in [2.05, 4.69) is 33.7 Å². The SMILES string of the molecule is CCNC(=NCc1ccc(OC)c(OC)c1OC)NCCCn1nc(C)cc1C.I. The monoisotopic (exact) mass is 531 g/mol. The number of benzene rings is 1. The molecule has 0 amide bonds. The maximum atomic E-state index is 5.54. The van der Waals surface area contributed by atoms with Gasteiger partial charge in [0.15, 0.2) is 17.5 Å². The third-order valence-corrected chi connectivity index (χ3v) is 4.48. The number of rotatable bonds is 10. The van der Waals surface area contributed by atoms with Gasteiger partial charge < -0.3 is 24.8 Å². The lowest BCUT2D eigenvalue weighted by Gasteiger charge is -2.16. The molecule has 1 heterocycles. The molecular formula is C21H34IN5O3. The van der Waals surface area contributed by atoms with Gasteiger partial charge in [0.05, 0.1) is 33.6 Å². The van der Waals surface area contributed by atoms with Crippen molar-refractivity contribution in [1.82, 2.24) is 20.4 Å². The zero-order valence-corrected chi connectivity index (χ0v) is 21.1. The van der Waals surface area contributed by atoms with Crippen LogP contribution in [0.2, 0.25) is 0 Å². The Kier molecular flexibility index (Phi) is 11.4. The lowest BCUT2D eigenvalue weighted by Crippen LogP contribution is -2.38. The average Bonchev–Trinajstić information content (AvgIpc) is 3.05. The summed E-state index contributed by atoms with van der Waals surface area (Å²) in [5, 5.41) is 11.1. The highest BCUT2D eigenvalue weighted by atomic mass is 127. The quantitative estimate of drug-likeness (QED) is 0.212. The number of nitrogens with zero attached hydrogens (tertiary/aromatic N) is 3. The standard InChI is InChI=1S/C21H33N5O3.HI/c1-7-22-21(23-11-8-12-26-16(3)13-15(2)25-26)24-14-17-9-10-18(27-4)20(29-6)19(17)28-5;/h9-10,13H,7-8,11-12,14H2,1-6H3,(H2,22,23,24);1H. The number of ether oxygens (including phenoxy) is 3. The number of aromatic nitrogens is 2. The predicted molar refractivity (Wildman–Crippen MR) is 131 cm³/mol. The fraction of sp³-hybridized carbons (Fsp3) is 0.524. The van der Waals surface area contributed by atoms with E-state index >= 15 is 0 Å². The molecule has 0 spiro atoms. The molecule has 30 heavy (non-hydrogen) atoms. The van der Waals surface area contributed by atoms with Gasteiger partial charge in [0.1, 0.15) is 0 Å². The van der Waals surface area contributed by atoms with Gasteiger partial charge in [-0.2, -0.15) is 5.10 Å². The Balaban J connectivity index is 0.00000450. The fourth-order valence-electron chi connectivity index (χ4n) is 3.13. The maximum Gasteiger partial charge on any atom is 0.203 e. The van der Waals surface area contributed by atoms with Crippen LogP contribution in [0.5, 0.6) is 17.2 Å². The molecule has 0 fully saturated rings. The van der Waals surface area contributed by atoms with Gasteiger partial charge in [-0.05, 0) is 45.4 Å². The molecule has 2 aromatic rings. The van der Waals surface area contributed by atoms with Crippen molar-refractivity contribution in [1.29, 1.82) is 0 Å². The van der Waals surface area contributed by atoms with Gasteiger partial charge in [-0.25, -0.2) is 4.99 Å². The number of hydrogen-bond donors (Lipinski definition) is 2. The number of guanidine groups is 1. The van der Waals surface area contributed by atoms with Gasteiger partial charge in [0.25, 0.3) is 0 Å². The molecule has 0 saturated heterocycles. The summed E-state index contributed by atoms with van der Waals surface area (Å²) in [6, 6.07) is 5.90. The molecule has 9 heteroatoms. The summed E-state index contributed by atoms with van der Waals surface area (Å²) in [7, 11) is 4.82. The van der Waals surface area contributed by atoms with Crippen molar-refractivity contribution < 1.29 is 14.2 Å². The van der Waals surface area contributed by atoms with Crippen molar-refractivity contribution in [3.8, 4) is 17.2 Å². The van der Waals surface area contributed by atoms with Crippen LogP contribution < -0.4 is 24.8 Å². The largest absolute Gasteiger partial charge is 0.493 e. The minimum Gasteiger partial charge on any atom is -0.493 e. The molecule has 0 atom stereocenters. The van der Waals surface area contributed by atoms with Gasteiger partial charge in [-0.1, -0.05) is 0 Å². The average molecular weight is 531 g/mol. The number of methoxy groups -OCH3 is 3. The molecule has 0 saturated carbocycles. The van der Waals surface area contributed by atoms with E-state index in [9.17, 15) is 0 Å². The van der Waals surface area contributed by atoms with Crippen molar-refractivity contribution in [3.05, 3.63) is 35.2 Å². The number of nitrogens with one attached hydrogen (secondary N) is 2. The molecule has 1 aromatic carbocycles. The van der Waals surface area contributed by atoms with E-state index in [1.165, 1.54) is 5.69 Å². The molecule has 0 bridgehead atoms. The second kappa shape index (κ2) is 13.2. The third kappa shape index (κ3) is 6.96. The number of aliphatic imine (C=N–C) groups is 1. The highest BCUT2D eigenvalue weighted by Crippen LogP contribution is 2.39. The normalized spacial score (nSPS) is 10.9. The van der Waals surface area contributed by atoms with Gasteiger partial charge >= 0.3 is 0 Å². The van der Waals surface area contributed by atoms with E-state index in [1.807, 2.05) is 30.7 Å². The van der Waals surface area contributed by atoms with Crippen LogP contribution in [0.3, 0.4) is 0 Å². The summed E-state index contributed by atoms with van der Waals surface area (Å²) in [6.45, 7) is 9.05. The number of halogens is 1. The van der Waals surface area contributed by atoms with Crippen LogP contribution in [0.1, 0.15) is 30.3 Å². The van der Waals surface area contributed by atoms with E-state index in [4.69, 9.17) is 14.2 Å². The smallest absolute Gasteiger partial charge is 0.203 e. The zero-order chi connectivity index (χ0) is 21.2. The molecule has 168 valence electrons. The van der Waals surface area contributed by atoms with Gasteiger partial charge in [-0.15, -0.1) is 24.0 Å². The molecule has 0 aliphatic carbocycles. The third-order valence-electron chi connectivity index (χ3n) is 4.48. The lowest BCUT2D eigenvalue weighted by atomic mass is 10.1. The highest BCUT2D eigenvalue weighted by Gasteiger charge is 2.15. The molecule has 2 rings (SSSR count). The van der Waals surface area contributed by atoms with Crippen LogP contribution in [-0.4, -0.2) is 50.2 Å². The predicted octanol–water partition coefficient (Wildman–Crippen LogP) is 3.29. The van der Waals surface area contributed by atoms with E-state index in [1.54, 1.807) is 21.3 Å². The second-order valence-electron chi connectivity index (χ2n) is 6.62. The van der Waals surface area contributed by atoms with Crippen LogP contribution in [0.15, 0.2) is 23.2 Å². The number of hydrogen-bond acceptors (Lipinski definition) is 5. The van der Waals surface area contributed by atoms with Crippen molar-refractivity contribution in [2.24, 2.45) is 4.99 Å². The molecule has 0 aliphatic rings. The summed E-state index contributed by atoms with van der Waals surface area (Å²) < 4.78 is 18.4. The Labute approximate surface area is 196 Å². The molecular weight excluding hydrogens is 497 g/mol. The minimum absolute atomic E-state index is 0. The van der Waals surface area contributed by atoms with Crippen molar-refractivity contribution in [2.75, 3.05) is 34.4 Å². The molecule has 0 aliphatic heterocycles. The second-order valence-corrected chi connectivity index (χ2v) is 6.62.